The standard InChI is InChI=1S/C27H28N2O4S/c1-19-16-23-17-22(14-15-26(23)29(19)34(31,32)24-12-8-5-9-13-24)25(18-27(30)33-3)28-20(2)21-10-6-4-7-11-21/h4-17,20,25,28H,18H2,1-3H3. The molecule has 1 N–H and O–H groups in total. The molecule has 1 aromatic heterocycles. The molecule has 7 heteroatoms. The molecule has 4 aromatic rings. The lowest BCUT2D eigenvalue weighted by Gasteiger charge is -2.23. The maximum absolute atomic E-state index is 13.3. The van der Waals surface area contributed by atoms with E-state index >= 15 is 0 Å². The van der Waals surface area contributed by atoms with E-state index < -0.39 is 10.0 Å². The van der Waals surface area contributed by atoms with E-state index in [-0.39, 0.29) is 29.4 Å². The van der Waals surface area contributed by atoms with Gasteiger partial charge in [0.25, 0.3) is 10.0 Å². The van der Waals surface area contributed by atoms with Gasteiger partial charge in [-0.1, -0.05) is 54.6 Å². The molecule has 3 aromatic carbocycles. The molecule has 34 heavy (non-hydrogen) atoms. The first-order chi connectivity index (χ1) is 16.3. The van der Waals surface area contributed by atoms with Crippen molar-refractivity contribution >= 4 is 26.9 Å². The van der Waals surface area contributed by atoms with Crippen LogP contribution < -0.4 is 5.32 Å². The number of ether oxygens (including phenoxy) is 1. The van der Waals surface area contributed by atoms with Crippen LogP contribution in [0.4, 0.5) is 0 Å². The minimum absolute atomic E-state index is 0.00338. The van der Waals surface area contributed by atoms with Gasteiger partial charge in [0.1, 0.15) is 0 Å². The Kier molecular flexibility index (Phi) is 6.86. The lowest BCUT2D eigenvalue weighted by atomic mass is 9.99. The molecule has 0 radical (unpaired) electrons. The van der Waals surface area contributed by atoms with E-state index in [9.17, 15) is 13.2 Å². The lowest BCUT2D eigenvalue weighted by molar-refractivity contribution is -0.141. The topological polar surface area (TPSA) is 77.4 Å². The summed E-state index contributed by atoms with van der Waals surface area (Å²) in [5.74, 6) is -0.321. The summed E-state index contributed by atoms with van der Waals surface area (Å²) in [6, 6.07) is 25.6. The van der Waals surface area contributed by atoms with Crippen molar-refractivity contribution in [2.45, 2.75) is 37.2 Å². The quantitative estimate of drug-likeness (QED) is 0.356. The fourth-order valence-corrected chi connectivity index (χ4v) is 5.81. The first kappa shape index (κ1) is 23.7. The minimum atomic E-state index is -3.74. The van der Waals surface area contributed by atoms with Crippen LogP contribution in [0.15, 0.2) is 89.8 Å². The number of hydrogen-bond donors (Lipinski definition) is 1. The Bertz CT molecular complexity index is 1400. The van der Waals surface area contributed by atoms with Crippen LogP contribution in [0.2, 0.25) is 0 Å². The number of aromatic nitrogens is 1. The molecule has 0 saturated carbocycles. The summed E-state index contributed by atoms with van der Waals surface area (Å²) in [6.07, 6.45) is 0.154. The van der Waals surface area contributed by atoms with E-state index in [2.05, 4.69) is 5.32 Å². The van der Waals surface area contributed by atoms with Gasteiger partial charge < -0.3 is 10.1 Å². The van der Waals surface area contributed by atoms with Gasteiger partial charge in [0.05, 0.1) is 23.9 Å². The van der Waals surface area contributed by atoms with Crippen LogP contribution in [-0.2, 0) is 19.6 Å². The Hall–Kier alpha value is -3.42. The molecule has 0 amide bonds. The fourth-order valence-electron chi connectivity index (χ4n) is 4.24. The number of hydrogen-bond acceptors (Lipinski definition) is 5. The Morgan fingerprint density at radius 1 is 0.941 bits per heavy atom. The maximum atomic E-state index is 13.3. The highest BCUT2D eigenvalue weighted by Gasteiger charge is 2.24. The number of fused-ring (bicyclic) bond motifs is 1. The van der Waals surface area contributed by atoms with Gasteiger partial charge in [-0.05, 0) is 55.3 Å². The predicted molar refractivity (Wildman–Crippen MR) is 133 cm³/mol. The highest BCUT2D eigenvalue weighted by molar-refractivity contribution is 7.90. The number of methoxy groups -OCH3 is 1. The summed E-state index contributed by atoms with van der Waals surface area (Å²) in [5.41, 5.74) is 3.20. The number of rotatable bonds is 8. The molecule has 0 aliphatic rings. The Morgan fingerprint density at radius 3 is 2.24 bits per heavy atom. The summed E-state index contributed by atoms with van der Waals surface area (Å²) in [7, 11) is -2.36. The van der Waals surface area contributed by atoms with Crippen molar-refractivity contribution in [3.05, 3.63) is 102 Å². The summed E-state index contributed by atoms with van der Waals surface area (Å²) in [5, 5.41) is 4.32. The Balaban J connectivity index is 1.73. The molecular weight excluding hydrogens is 448 g/mol. The second kappa shape index (κ2) is 9.83. The van der Waals surface area contributed by atoms with Crippen LogP contribution in [0.25, 0.3) is 10.9 Å². The Morgan fingerprint density at radius 2 is 1.59 bits per heavy atom. The second-order valence-electron chi connectivity index (χ2n) is 8.32. The number of nitrogens with one attached hydrogen (secondary N) is 1. The average Bonchev–Trinajstić information content (AvgIpc) is 3.20. The van der Waals surface area contributed by atoms with Gasteiger partial charge in [0.15, 0.2) is 0 Å². The Labute approximate surface area is 200 Å². The number of esters is 1. The van der Waals surface area contributed by atoms with Crippen LogP contribution in [0.5, 0.6) is 0 Å². The first-order valence-electron chi connectivity index (χ1n) is 11.1. The van der Waals surface area contributed by atoms with Crippen molar-refractivity contribution in [3.8, 4) is 0 Å². The van der Waals surface area contributed by atoms with Gasteiger partial charge in [0.2, 0.25) is 0 Å². The normalized spacial score (nSPS) is 13.5. The number of aryl methyl sites for hydroxylation is 1. The van der Waals surface area contributed by atoms with Gasteiger partial charge in [-0.3, -0.25) is 4.79 Å². The molecular formula is C27H28N2O4S. The molecule has 0 bridgehead atoms. The summed E-state index contributed by atoms with van der Waals surface area (Å²) in [4.78, 5) is 12.4. The molecule has 1 heterocycles. The second-order valence-corrected chi connectivity index (χ2v) is 10.1. The molecule has 0 aliphatic carbocycles. The summed E-state index contributed by atoms with van der Waals surface area (Å²) >= 11 is 0. The van der Waals surface area contributed by atoms with Crippen molar-refractivity contribution in [1.29, 1.82) is 0 Å². The number of carbonyl (C=O) groups excluding carboxylic acids is 1. The zero-order valence-electron chi connectivity index (χ0n) is 19.4. The van der Waals surface area contributed by atoms with E-state index in [1.165, 1.54) is 11.1 Å². The highest BCUT2D eigenvalue weighted by Crippen LogP contribution is 2.30. The van der Waals surface area contributed by atoms with Crippen LogP contribution in [0.3, 0.4) is 0 Å². The van der Waals surface area contributed by atoms with Crippen molar-refractivity contribution < 1.29 is 17.9 Å². The zero-order valence-corrected chi connectivity index (χ0v) is 20.2. The third kappa shape index (κ3) is 4.76. The number of nitrogens with zero attached hydrogens (tertiary/aromatic N) is 1. The monoisotopic (exact) mass is 476 g/mol. The number of carbonyl (C=O) groups is 1. The van der Waals surface area contributed by atoms with E-state index in [0.29, 0.717) is 11.2 Å². The zero-order chi connectivity index (χ0) is 24.3. The smallest absolute Gasteiger partial charge is 0.307 e. The third-order valence-electron chi connectivity index (χ3n) is 5.99. The van der Waals surface area contributed by atoms with Crippen molar-refractivity contribution in [1.82, 2.24) is 9.29 Å². The molecule has 0 saturated heterocycles. The summed E-state index contributed by atoms with van der Waals surface area (Å²) < 4.78 is 33.0. The molecule has 0 spiro atoms. The van der Waals surface area contributed by atoms with E-state index in [1.807, 2.05) is 55.5 Å². The maximum Gasteiger partial charge on any atom is 0.307 e. The molecule has 2 atom stereocenters. The summed E-state index contributed by atoms with van der Waals surface area (Å²) in [6.45, 7) is 3.83. The molecule has 0 aliphatic heterocycles. The van der Waals surface area contributed by atoms with E-state index in [1.54, 1.807) is 43.3 Å². The highest BCUT2D eigenvalue weighted by atomic mass is 32.2. The van der Waals surface area contributed by atoms with Gasteiger partial charge in [-0.15, -0.1) is 0 Å². The predicted octanol–water partition coefficient (Wildman–Crippen LogP) is 5.14. The van der Waals surface area contributed by atoms with Crippen LogP contribution in [-0.4, -0.2) is 25.5 Å². The molecule has 6 nitrogen and oxygen atoms in total. The van der Waals surface area contributed by atoms with Crippen molar-refractivity contribution in [2.24, 2.45) is 0 Å². The van der Waals surface area contributed by atoms with Gasteiger partial charge >= 0.3 is 5.97 Å². The third-order valence-corrected chi connectivity index (χ3v) is 7.82. The van der Waals surface area contributed by atoms with Gasteiger partial charge in [-0.2, -0.15) is 0 Å². The van der Waals surface area contributed by atoms with Crippen molar-refractivity contribution in [2.75, 3.05) is 7.11 Å². The van der Waals surface area contributed by atoms with E-state index in [4.69, 9.17) is 4.74 Å². The van der Waals surface area contributed by atoms with Crippen LogP contribution in [0, 0.1) is 6.92 Å². The molecule has 4 rings (SSSR count). The van der Waals surface area contributed by atoms with Gasteiger partial charge in [-0.25, -0.2) is 12.4 Å². The molecule has 176 valence electrons. The van der Waals surface area contributed by atoms with Gasteiger partial charge in [0, 0.05) is 23.2 Å². The van der Waals surface area contributed by atoms with Crippen LogP contribution in [0.1, 0.15) is 42.2 Å². The number of benzene rings is 3. The van der Waals surface area contributed by atoms with E-state index in [0.717, 1.165) is 16.5 Å². The lowest BCUT2D eigenvalue weighted by Crippen LogP contribution is -2.27. The first-order valence-corrected chi connectivity index (χ1v) is 12.6. The molecule has 2 unspecified atom stereocenters. The van der Waals surface area contributed by atoms with Crippen molar-refractivity contribution in [3.63, 3.8) is 0 Å². The average molecular weight is 477 g/mol. The SMILES string of the molecule is COC(=O)CC(NC(C)c1ccccc1)c1ccc2c(c1)cc(C)n2S(=O)(=O)c1ccccc1. The van der Waals surface area contributed by atoms with Crippen LogP contribution >= 0.6 is 0 Å². The minimum Gasteiger partial charge on any atom is -0.469 e. The fraction of sp³-hybridized carbons (Fsp3) is 0.222. The molecule has 0 fully saturated rings. The largest absolute Gasteiger partial charge is 0.469 e.